The second-order valence-corrected chi connectivity index (χ2v) is 2.76. The number of carbonyl (C=O) groups is 1. The van der Waals surface area contributed by atoms with Gasteiger partial charge in [-0.3, -0.25) is 4.79 Å². The Kier molecular flexibility index (Phi) is 2.10. The molecule has 0 saturated carbocycles. The molecule has 70 valence electrons. The van der Waals surface area contributed by atoms with Crippen LogP contribution in [0.1, 0.15) is 10.4 Å². The topological polar surface area (TPSA) is 34.9 Å². The molecule has 1 heterocycles. The summed E-state index contributed by atoms with van der Waals surface area (Å²) in [4.78, 5) is 11.6. The number of rotatable bonds is 1. The smallest absolute Gasteiger partial charge is 0.267 e. The van der Waals surface area contributed by atoms with Gasteiger partial charge in [0, 0.05) is 18.0 Å². The zero-order valence-corrected chi connectivity index (χ0v) is 7.22. The van der Waals surface area contributed by atoms with Crippen molar-refractivity contribution in [2.75, 3.05) is 0 Å². The van der Waals surface area contributed by atoms with E-state index in [-0.39, 0.29) is 11.7 Å². The van der Waals surface area contributed by atoms with E-state index in [1.54, 1.807) is 12.3 Å². The first-order valence-electron chi connectivity index (χ1n) is 4.07. The Balaban J connectivity index is 2.33. The van der Waals surface area contributed by atoms with Gasteiger partial charge in [-0.05, 0) is 30.3 Å². The maximum atomic E-state index is 12.6. The average Bonchev–Trinajstić information content (AvgIpc) is 2.71. The van der Waals surface area contributed by atoms with E-state index in [1.165, 1.54) is 35.1 Å². The minimum Gasteiger partial charge on any atom is -0.267 e. The van der Waals surface area contributed by atoms with Crippen LogP contribution < -0.4 is 0 Å². The van der Waals surface area contributed by atoms with E-state index in [9.17, 15) is 9.18 Å². The average molecular weight is 190 g/mol. The van der Waals surface area contributed by atoms with Gasteiger partial charge in [-0.1, -0.05) is 0 Å². The summed E-state index contributed by atoms with van der Waals surface area (Å²) in [6, 6.07) is 7.01. The van der Waals surface area contributed by atoms with Crippen LogP contribution in [0.3, 0.4) is 0 Å². The molecule has 0 aliphatic rings. The lowest BCUT2D eigenvalue weighted by atomic mass is 10.2. The van der Waals surface area contributed by atoms with Crippen LogP contribution in [0.4, 0.5) is 4.39 Å². The number of hydrogen-bond acceptors (Lipinski definition) is 2. The molecule has 0 radical (unpaired) electrons. The largest absolute Gasteiger partial charge is 0.278 e. The standard InChI is InChI=1S/C10H7FN2O/c11-9-4-2-8(3-5-9)10(14)13-7-1-6-12-13/h1-7H. The monoisotopic (exact) mass is 190 g/mol. The fourth-order valence-corrected chi connectivity index (χ4v) is 1.11. The summed E-state index contributed by atoms with van der Waals surface area (Å²) in [5.41, 5.74) is 0.412. The molecule has 0 unspecified atom stereocenters. The maximum Gasteiger partial charge on any atom is 0.278 e. The molecule has 0 spiro atoms. The highest BCUT2D eigenvalue weighted by molar-refractivity contribution is 5.95. The minimum atomic E-state index is -0.359. The fourth-order valence-electron chi connectivity index (χ4n) is 1.11. The SMILES string of the molecule is O=C(c1ccc(F)cc1)n1cccn1. The van der Waals surface area contributed by atoms with Gasteiger partial charge in [0.05, 0.1) is 0 Å². The molecule has 2 rings (SSSR count). The molecule has 0 N–H and O–H groups in total. The highest BCUT2D eigenvalue weighted by Crippen LogP contribution is 2.04. The second-order valence-electron chi connectivity index (χ2n) is 2.76. The lowest BCUT2D eigenvalue weighted by Gasteiger charge is -1.99. The van der Waals surface area contributed by atoms with Crippen molar-refractivity contribution >= 4 is 5.91 Å². The Morgan fingerprint density at radius 2 is 2.00 bits per heavy atom. The summed E-state index contributed by atoms with van der Waals surface area (Å²) in [6.45, 7) is 0. The van der Waals surface area contributed by atoms with Crippen LogP contribution in [0.25, 0.3) is 0 Å². The number of hydrogen-bond donors (Lipinski definition) is 0. The van der Waals surface area contributed by atoms with Gasteiger partial charge in [0.25, 0.3) is 5.91 Å². The Labute approximate surface area is 79.8 Å². The molecule has 0 aliphatic heterocycles. The highest BCUT2D eigenvalue weighted by atomic mass is 19.1. The van der Waals surface area contributed by atoms with Crippen LogP contribution in [-0.4, -0.2) is 15.7 Å². The van der Waals surface area contributed by atoms with Crippen molar-refractivity contribution in [1.29, 1.82) is 0 Å². The van der Waals surface area contributed by atoms with Gasteiger partial charge in [0.1, 0.15) is 5.82 Å². The third-order valence-electron chi connectivity index (χ3n) is 1.80. The highest BCUT2D eigenvalue weighted by Gasteiger charge is 2.07. The van der Waals surface area contributed by atoms with Gasteiger partial charge in [0.2, 0.25) is 0 Å². The van der Waals surface area contributed by atoms with Gasteiger partial charge in [-0.2, -0.15) is 5.10 Å². The van der Waals surface area contributed by atoms with Crippen LogP contribution in [0.2, 0.25) is 0 Å². The van der Waals surface area contributed by atoms with E-state index in [2.05, 4.69) is 5.10 Å². The normalized spacial score (nSPS) is 10.1. The van der Waals surface area contributed by atoms with Gasteiger partial charge in [-0.15, -0.1) is 0 Å². The quantitative estimate of drug-likeness (QED) is 0.686. The van der Waals surface area contributed by atoms with Crippen LogP contribution in [0, 0.1) is 5.82 Å². The van der Waals surface area contributed by atoms with Crippen LogP contribution in [0.5, 0.6) is 0 Å². The Morgan fingerprint density at radius 3 is 2.57 bits per heavy atom. The van der Waals surface area contributed by atoms with E-state index < -0.39 is 0 Å². The van der Waals surface area contributed by atoms with E-state index in [0.717, 1.165) is 0 Å². The molecule has 0 saturated heterocycles. The third kappa shape index (κ3) is 1.54. The molecule has 0 fully saturated rings. The van der Waals surface area contributed by atoms with Crippen molar-refractivity contribution in [1.82, 2.24) is 9.78 Å². The van der Waals surface area contributed by atoms with Crippen molar-refractivity contribution in [2.45, 2.75) is 0 Å². The third-order valence-corrected chi connectivity index (χ3v) is 1.80. The molecule has 2 aromatic rings. The molecular formula is C10H7FN2O. The van der Waals surface area contributed by atoms with Gasteiger partial charge in [0.15, 0.2) is 0 Å². The zero-order valence-electron chi connectivity index (χ0n) is 7.22. The predicted octanol–water partition coefficient (Wildman–Crippen LogP) is 1.71. The molecule has 0 atom stereocenters. The summed E-state index contributed by atoms with van der Waals surface area (Å²) in [5.74, 6) is -0.628. The summed E-state index contributed by atoms with van der Waals surface area (Å²) < 4.78 is 13.8. The summed E-state index contributed by atoms with van der Waals surface area (Å²) >= 11 is 0. The molecular weight excluding hydrogens is 183 g/mol. The van der Waals surface area contributed by atoms with E-state index in [0.29, 0.717) is 5.56 Å². The van der Waals surface area contributed by atoms with Crippen molar-refractivity contribution < 1.29 is 9.18 Å². The zero-order chi connectivity index (χ0) is 9.97. The summed E-state index contributed by atoms with van der Waals surface area (Å²) in [7, 11) is 0. The van der Waals surface area contributed by atoms with Gasteiger partial charge < -0.3 is 0 Å². The van der Waals surface area contributed by atoms with Crippen molar-refractivity contribution in [3.63, 3.8) is 0 Å². The molecule has 1 aromatic carbocycles. The van der Waals surface area contributed by atoms with Crippen LogP contribution in [-0.2, 0) is 0 Å². The van der Waals surface area contributed by atoms with Crippen LogP contribution in [0.15, 0.2) is 42.7 Å². The number of halogens is 1. The first-order chi connectivity index (χ1) is 6.77. The maximum absolute atomic E-state index is 12.6. The van der Waals surface area contributed by atoms with Crippen molar-refractivity contribution in [2.24, 2.45) is 0 Å². The molecule has 4 heteroatoms. The number of aromatic nitrogens is 2. The lowest BCUT2D eigenvalue weighted by Crippen LogP contribution is -2.12. The first-order valence-corrected chi connectivity index (χ1v) is 4.07. The van der Waals surface area contributed by atoms with Gasteiger partial charge in [-0.25, -0.2) is 9.07 Å². The van der Waals surface area contributed by atoms with E-state index >= 15 is 0 Å². The summed E-state index contributed by atoms with van der Waals surface area (Å²) in [6.07, 6.45) is 3.06. The first kappa shape index (κ1) is 8.62. The van der Waals surface area contributed by atoms with E-state index in [4.69, 9.17) is 0 Å². The second kappa shape index (κ2) is 3.41. The van der Waals surface area contributed by atoms with Crippen molar-refractivity contribution in [3.8, 4) is 0 Å². The predicted molar refractivity (Wildman–Crippen MR) is 48.4 cm³/mol. The van der Waals surface area contributed by atoms with E-state index in [1.807, 2.05) is 0 Å². The van der Waals surface area contributed by atoms with Crippen LogP contribution >= 0.6 is 0 Å². The number of carbonyl (C=O) groups excluding carboxylic acids is 1. The Bertz CT molecular complexity index is 434. The lowest BCUT2D eigenvalue weighted by molar-refractivity contribution is 0.0945. The number of benzene rings is 1. The summed E-state index contributed by atoms with van der Waals surface area (Å²) in [5, 5.41) is 3.79. The Hall–Kier alpha value is -1.97. The molecule has 0 aliphatic carbocycles. The molecule has 14 heavy (non-hydrogen) atoms. The molecule has 1 aromatic heterocycles. The molecule has 3 nitrogen and oxygen atoms in total. The fraction of sp³-hybridized carbons (Fsp3) is 0. The Morgan fingerprint density at radius 1 is 1.29 bits per heavy atom. The van der Waals surface area contributed by atoms with Gasteiger partial charge >= 0.3 is 0 Å². The minimum absolute atomic E-state index is 0.269. The van der Waals surface area contributed by atoms with Crippen molar-refractivity contribution in [3.05, 3.63) is 54.1 Å². The molecule has 0 bridgehead atoms. The molecule has 0 amide bonds. The number of nitrogens with zero attached hydrogens (tertiary/aromatic N) is 2.